The average molecular weight is 157 g/mol. The molecule has 0 saturated heterocycles. The van der Waals surface area contributed by atoms with Gasteiger partial charge in [0.1, 0.15) is 0 Å². The number of hydrogen-bond donors (Lipinski definition) is 1. The topological polar surface area (TPSA) is 106 Å². The van der Waals surface area contributed by atoms with Crippen molar-refractivity contribution in [3.63, 3.8) is 0 Å². The molecular formula is C3H3N5O3. The summed E-state index contributed by atoms with van der Waals surface area (Å²) in [6, 6.07) is 0.00287. The Morgan fingerprint density at radius 2 is 2.73 bits per heavy atom. The summed E-state index contributed by atoms with van der Waals surface area (Å²) in [5.74, 6) is 0. The summed E-state index contributed by atoms with van der Waals surface area (Å²) >= 11 is 0. The van der Waals surface area contributed by atoms with Crippen molar-refractivity contribution in [3.05, 3.63) is 16.4 Å². The molecule has 0 unspecified atom stereocenters. The number of rotatable bonds is 3. The molecule has 0 fully saturated rings. The Bertz CT molecular complexity index is 254. The molecular weight excluding hydrogens is 154 g/mol. The fourth-order valence-electron chi connectivity index (χ4n) is 0.354. The fourth-order valence-corrected chi connectivity index (χ4v) is 0.354. The lowest BCUT2D eigenvalue weighted by atomic mass is 11.1. The van der Waals surface area contributed by atoms with Crippen LogP contribution < -0.4 is 5.43 Å². The van der Waals surface area contributed by atoms with Crippen LogP contribution >= 0.6 is 0 Å². The third-order valence-corrected chi connectivity index (χ3v) is 0.674. The minimum Gasteiger partial charge on any atom is -0.358 e. The van der Waals surface area contributed by atoms with Gasteiger partial charge in [-0.1, -0.05) is 5.16 Å². The highest BCUT2D eigenvalue weighted by Crippen LogP contribution is 1.95. The van der Waals surface area contributed by atoms with E-state index in [1.807, 2.05) is 0 Å². The molecule has 1 heterocycles. The van der Waals surface area contributed by atoms with Crippen LogP contribution in [0.4, 0.5) is 6.01 Å². The number of hydrazone groups is 1. The van der Waals surface area contributed by atoms with Gasteiger partial charge in [-0.3, -0.25) is 0 Å². The Balaban J connectivity index is 2.40. The summed E-state index contributed by atoms with van der Waals surface area (Å²) < 4.78 is 4.41. The van der Waals surface area contributed by atoms with E-state index in [-0.39, 0.29) is 6.01 Å². The summed E-state index contributed by atoms with van der Waals surface area (Å²) in [6.45, 7) is 0. The van der Waals surface area contributed by atoms with Crippen LogP contribution in [-0.4, -0.2) is 21.4 Å². The fraction of sp³-hybridized carbons (Fsp3) is 0. The Labute approximate surface area is 60.0 Å². The van der Waals surface area contributed by atoms with Crippen molar-refractivity contribution in [1.82, 2.24) is 10.1 Å². The third kappa shape index (κ3) is 2.39. The van der Waals surface area contributed by atoms with Gasteiger partial charge < -0.3 is 14.6 Å². The van der Waals surface area contributed by atoms with Crippen molar-refractivity contribution in [2.75, 3.05) is 5.43 Å². The van der Waals surface area contributed by atoms with Gasteiger partial charge in [-0.15, -0.1) is 5.43 Å². The van der Waals surface area contributed by atoms with Crippen molar-refractivity contribution >= 4 is 12.4 Å². The zero-order chi connectivity index (χ0) is 8.10. The second-order valence-electron chi connectivity index (χ2n) is 1.39. The van der Waals surface area contributed by atoms with Gasteiger partial charge in [0.2, 0.25) is 0 Å². The molecule has 58 valence electrons. The lowest BCUT2D eigenvalue weighted by Gasteiger charge is -1.81. The summed E-state index contributed by atoms with van der Waals surface area (Å²) in [6.07, 6.45) is 1.62. The maximum Gasteiger partial charge on any atom is 0.360 e. The van der Waals surface area contributed by atoms with Gasteiger partial charge in [0.05, 0.1) is 5.10 Å². The summed E-state index contributed by atoms with van der Waals surface area (Å²) in [7, 11) is 0. The molecule has 8 heteroatoms. The number of nitro groups is 1. The standard InChI is InChI=1S/C3H3N5O3/c9-8(10)2-5-7-3-4-1-6-11-3/h1-2H,(H,4,6,7). The van der Waals surface area contributed by atoms with E-state index >= 15 is 0 Å². The molecule has 8 nitrogen and oxygen atoms in total. The molecule has 1 rings (SSSR count). The molecule has 1 N–H and O–H groups in total. The first-order valence-corrected chi connectivity index (χ1v) is 2.48. The lowest BCUT2D eigenvalue weighted by Crippen LogP contribution is -1.96. The Kier molecular flexibility index (Phi) is 2.10. The van der Waals surface area contributed by atoms with Gasteiger partial charge in [-0.05, 0) is 4.92 Å². The molecule has 0 aliphatic heterocycles. The Morgan fingerprint density at radius 1 is 1.91 bits per heavy atom. The third-order valence-electron chi connectivity index (χ3n) is 0.674. The molecule has 0 atom stereocenters. The van der Waals surface area contributed by atoms with Crippen molar-refractivity contribution < 1.29 is 9.45 Å². The molecule has 0 amide bonds. The van der Waals surface area contributed by atoms with E-state index in [2.05, 4.69) is 25.2 Å². The zero-order valence-corrected chi connectivity index (χ0v) is 5.17. The second-order valence-corrected chi connectivity index (χ2v) is 1.39. The summed E-state index contributed by atoms with van der Waals surface area (Å²) in [4.78, 5) is 12.4. The van der Waals surface area contributed by atoms with E-state index in [0.717, 1.165) is 6.33 Å². The largest absolute Gasteiger partial charge is 0.360 e. The molecule has 0 aliphatic carbocycles. The molecule has 1 aromatic rings. The number of anilines is 1. The van der Waals surface area contributed by atoms with Crippen LogP contribution in [-0.2, 0) is 0 Å². The number of hydrogen-bond acceptors (Lipinski definition) is 7. The maximum atomic E-state index is 9.68. The van der Waals surface area contributed by atoms with E-state index in [9.17, 15) is 10.1 Å². The minimum absolute atomic E-state index is 0.00287. The van der Waals surface area contributed by atoms with Crippen LogP contribution in [0, 0.1) is 10.1 Å². The molecule has 0 spiro atoms. The van der Waals surface area contributed by atoms with Gasteiger partial charge in [0, 0.05) is 0 Å². The number of nitrogens with zero attached hydrogens (tertiary/aromatic N) is 4. The SMILES string of the molecule is O=[N+]([O-])C=NNc1ncno1. The molecule has 0 radical (unpaired) electrons. The van der Waals surface area contributed by atoms with Crippen molar-refractivity contribution in [1.29, 1.82) is 0 Å². The molecule has 0 aromatic carbocycles. The number of aromatic nitrogens is 2. The number of nitrogens with one attached hydrogen (secondary N) is 1. The van der Waals surface area contributed by atoms with E-state index in [1.54, 1.807) is 0 Å². The van der Waals surface area contributed by atoms with Gasteiger partial charge in [-0.2, -0.15) is 4.98 Å². The molecule has 1 aromatic heterocycles. The Morgan fingerprint density at radius 3 is 3.27 bits per heavy atom. The van der Waals surface area contributed by atoms with Crippen molar-refractivity contribution in [2.45, 2.75) is 0 Å². The quantitative estimate of drug-likeness (QED) is 0.279. The predicted octanol–water partition coefficient (Wildman–Crippen LogP) is -0.299. The van der Waals surface area contributed by atoms with E-state index in [1.165, 1.54) is 0 Å². The van der Waals surface area contributed by atoms with Crippen LogP contribution in [0.2, 0.25) is 0 Å². The Hall–Kier alpha value is -1.99. The minimum atomic E-state index is -0.719. The molecule has 0 bridgehead atoms. The van der Waals surface area contributed by atoms with Crippen LogP contribution in [0.25, 0.3) is 0 Å². The summed E-state index contributed by atoms with van der Waals surface area (Å²) in [5, 5.41) is 16.0. The van der Waals surface area contributed by atoms with Gasteiger partial charge in [0.15, 0.2) is 6.33 Å². The summed E-state index contributed by atoms with van der Waals surface area (Å²) in [5.41, 5.74) is 2.14. The van der Waals surface area contributed by atoms with Crippen molar-refractivity contribution in [3.8, 4) is 0 Å². The first-order chi connectivity index (χ1) is 5.29. The highest BCUT2D eigenvalue weighted by Gasteiger charge is 1.96. The molecule has 0 aliphatic rings. The van der Waals surface area contributed by atoms with Crippen LogP contribution in [0.1, 0.15) is 0 Å². The highest BCUT2D eigenvalue weighted by molar-refractivity contribution is 5.45. The first-order valence-electron chi connectivity index (χ1n) is 2.48. The highest BCUT2D eigenvalue weighted by atomic mass is 16.6. The molecule has 11 heavy (non-hydrogen) atoms. The van der Waals surface area contributed by atoms with E-state index in [4.69, 9.17) is 0 Å². The first kappa shape index (κ1) is 7.12. The van der Waals surface area contributed by atoms with E-state index in [0.29, 0.717) is 6.34 Å². The zero-order valence-electron chi connectivity index (χ0n) is 5.17. The van der Waals surface area contributed by atoms with Gasteiger partial charge in [0.25, 0.3) is 0 Å². The second kappa shape index (κ2) is 3.25. The van der Waals surface area contributed by atoms with Crippen LogP contribution in [0.5, 0.6) is 0 Å². The van der Waals surface area contributed by atoms with Crippen molar-refractivity contribution in [2.24, 2.45) is 5.10 Å². The van der Waals surface area contributed by atoms with Gasteiger partial charge in [-0.25, -0.2) is 0 Å². The van der Waals surface area contributed by atoms with E-state index < -0.39 is 4.92 Å². The molecule has 0 saturated carbocycles. The van der Waals surface area contributed by atoms with Gasteiger partial charge >= 0.3 is 12.4 Å². The van der Waals surface area contributed by atoms with Crippen LogP contribution in [0.15, 0.2) is 16.0 Å². The monoisotopic (exact) mass is 157 g/mol. The average Bonchev–Trinajstić information content (AvgIpc) is 2.39. The maximum absolute atomic E-state index is 9.68. The van der Waals surface area contributed by atoms with Crippen LogP contribution in [0.3, 0.4) is 0 Å². The smallest absolute Gasteiger partial charge is 0.358 e. The lowest BCUT2D eigenvalue weighted by molar-refractivity contribution is -0.339. The normalized spacial score (nSPS) is 10.2. The predicted molar refractivity (Wildman–Crippen MR) is 33.4 cm³/mol.